The van der Waals surface area contributed by atoms with Crippen LogP contribution in [0.4, 0.5) is 5.69 Å². The van der Waals surface area contributed by atoms with Crippen LogP contribution < -0.4 is 5.32 Å². The van der Waals surface area contributed by atoms with Crippen molar-refractivity contribution in [2.45, 2.75) is 19.2 Å². The Balaban J connectivity index is 1.78. The van der Waals surface area contributed by atoms with Crippen LogP contribution in [0.25, 0.3) is 0 Å². The maximum absolute atomic E-state index is 10.5. The Kier molecular flexibility index (Phi) is 4.85. The number of nitro groups is 1. The highest BCUT2D eigenvalue weighted by Crippen LogP contribution is 2.14. The zero-order chi connectivity index (χ0) is 15.2. The fourth-order valence-electron chi connectivity index (χ4n) is 1.86. The third-order valence-electron chi connectivity index (χ3n) is 2.92. The molecule has 2 aromatic rings. The van der Waals surface area contributed by atoms with Gasteiger partial charge in [-0.15, -0.1) is 0 Å². The van der Waals surface area contributed by atoms with Crippen molar-refractivity contribution in [2.24, 2.45) is 0 Å². The molecule has 112 valence electrons. The molecule has 3 N–H and O–H groups in total. The van der Waals surface area contributed by atoms with Crippen LogP contribution in [0.3, 0.4) is 0 Å². The Morgan fingerprint density at radius 3 is 2.86 bits per heavy atom. The minimum absolute atomic E-state index is 0.107. The van der Waals surface area contributed by atoms with Gasteiger partial charge in [-0.1, -0.05) is 18.2 Å². The molecule has 1 unspecified atom stereocenters. The van der Waals surface area contributed by atoms with Gasteiger partial charge in [0, 0.05) is 18.7 Å². The minimum Gasteiger partial charge on any atom is -0.508 e. The van der Waals surface area contributed by atoms with Crippen molar-refractivity contribution in [3.8, 4) is 5.75 Å². The maximum atomic E-state index is 10.5. The van der Waals surface area contributed by atoms with Crippen LogP contribution in [-0.2, 0) is 13.1 Å². The number of aliphatic hydroxyl groups excluding tert-OH is 1. The zero-order valence-electron chi connectivity index (χ0n) is 11.2. The number of phenolic OH excluding ortho intramolecular Hbond substituents is 1. The van der Waals surface area contributed by atoms with E-state index in [9.17, 15) is 20.3 Å². The molecule has 8 heteroatoms. The fourth-order valence-corrected chi connectivity index (χ4v) is 1.86. The van der Waals surface area contributed by atoms with E-state index < -0.39 is 11.0 Å². The Bertz CT molecular complexity index is 614. The molecular formula is C13H16N4O4. The molecule has 0 fully saturated rings. The molecular weight excluding hydrogens is 276 g/mol. The highest BCUT2D eigenvalue weighted by molar-refractivity contribution is 5.31. The zero-order valence-corrected chi connectivity index (χ0v) is 11.2. The molecule has 1 heterocycles. The average molecular weight is 292 g/mol. The quantitative estimate of drug-likeness (QED) is 0.510. The van der Waals surface area contributed by atoms with Gasteiger partial charge in [0.2, 0.25) is 0 Å². The summed E-state index contributed by atoms with van der Waals surface area (Å²) >= 11 is 0. The van der Waals surface area contributed by atoms with Gasteiger partial charge in [-0.25, -0.2) is 0 Å². The molecule has 1 aromatic carbocycles. The number of aliphatic hydroxyl groups is 1. The lowest BCUT2D eigenvalue weighted by Crippen LogP contribution is -2.30. The van der Waals surface area contributed by atoms with Crippen LogP contribution >= 0.6 is 0 Å². The van der Waals surface area contributed by atoms with E-state index in [1.165, 1.54) is 10.9 Å². The molecule has 0 saturated carbocycles. The average Bonchev–Trinajstić information content (AvgIpc) is 2.89. The van der Waals surface area contributed by atoms with Crippen LogP contribution in [-0.4, -0.2) is 37.6 Å². The van der Waals surface area contributed by atoms with Crippen molar-refractivity contribution in [2.75, 3.05) is 6.54 Å². The fraction of sp³-hybridized carbons (Fsp3) is 0.308. The van der Waals surface area contributed by atoms with E-state index in [1.54, 1.807) is 18.2 Å². The number of aromatic hydroxyl groups is 1. The molecule has 0 aliphatic rings. The third-order valence-corrected chi connectivity index (χ3v) is 2.92. The lowest BCUT2D eigenvalue weighted by Gasteiger charge is -2.12. The Morgan fingerprint density at radius 1 is 1.43 bits per heavy atom. The van der Waals surface area contributed by atoms with E-state index in [2.05, 4.69) is 10.4 Å². The van der Waals surface area contributed by atoms with Gasteiger partial charge in [0.25, 0.3) is 0 Å². The molecule has 8 nitrogen and oxygen atoms in total. The molecule has 0 radical (unpaired) electrons. The van der Waals surface area contributed by atoms with E-state index in [1.807, 2.05) is 6.07 Å². The number of nitrogens with zero attached hydrogens (tertiary/aromatic N) is 3. The number of hydrogen-bond donors (Lipinski definition) is 3. The van der Waals surface area contributed by atoms with Crippen molar-refractivity contribution >= 4 is 5.69 Å². The van der Waals surface area contributed by atoms with Crippen LogP contribution in [0.15, 0.2) is 36.7 Å². The number of phenols is 1. The Morgan fingerprint density at radius 2 is 2.19 bits per heavy atom. The molecule has 1 atom stereocenters. The molecule has 0 bridgehead atoms. The number of nitrogens with one attached hydrogen (secondary N) is 1. The Hall–Kier alpha value is -2.45. The van der Waals surface area contributed by atoms with Crippen LogP contribution in [0.2, 0.25) is 0 Å². The van der Waals surface area contributed by atoms with Crippen LogP contribution in [0.1, 0.15) is 5.56 Å². The lowest BCUT2D eigenvalue weighted by molar-refractivity contribution is -0.385. The summed E-state index contributed by atoms with van der Waals surface area (Å²) in [5, 5.41) is 36.8. The molecule has 0 amide bonds. The van der Waals surface area contributed by atoms with E-state index >= 15 is 0 Å². The van der Waals surface area contributed by atoms with E-state index in [0.717, 1.165) is 11.8 Å². The highest BCUT2D eigenvalue weighted by Gasteiger charge is 2.11. The number of aromatic nitrogens is 2. The topological polar surface area (TPSA) is 113 Å². The highest BCUT2D eigenvalue weighted by atomic mass is 16.6. The third kappa shape index (κ3) is 4.26. The first-order chi connectivity index (χ1) is 10.1. The van der Waals surface area contributed by atoms with Crippen LogP contribution in [0, 0.1) is 10.1 Å². The van der Waals surface area contributed by atoms with Crippen molar-refractivity contribution in [1.29, 1.82) is 0 Å². The van der Waals surface area contributed by atoms with Crippen molar-refractivity contribution in [3.63, 3.8) is 0 Å². The number of benzene rings is 1. The van der Waals surface area contributed by atoms with Gasteiger partial charge < -0.3 is 15.5 Å². The summed E-state index contributed by atoms with van der Waals surface area (Å²) in [5.74, 6) is 0.196. The second-order valence-corrected chi connectivity index (χ2v) is 4.59. The number of hydrogen-bond acceptors (Lipinski definition) is 6. The van der Waals surface area contributed by atoms with Gasteiger partial charge >= 0.3 is 5.69 Å². The van der Waals surface area contributed by atoms with Gasteiger partial charge in [-0.2, -0.15) is 5.10 Å². The summed E-state index contributed by atoms with van der Waals surface area (Å²) in [6.45, 7) is 0.854. The van der Waals surface area contributed by atoms with Crippen molar-refractivity contribution in [1.82, 2.24) is 15.1 Å². The van der Waals surface area contributed by atoms with Crippen LogP contribution in [0.5, 0.6) is 5.75 Å². The summed E-state index contributed by atoms with van der Waals surface area (Å²) < 4.78 is 1.32. The molecule has 0 saturated heterocycles. The molecule has 0 spiro atoms. The Labute approximate surface area is 120 Å². The van der Waals surface area contributed by atoms with Gasteiger partial charge in [-0.05, 0) is 6.07 Å². The van der Waals surface area contributed by atoms with Crippen molar-refractivity contribution in [3.05, 3.63) is 52.3 Å². The summed E-state index contributed by atoms with van der Waals surface area (Å²) in [7, 11) is 0. The second-order valence-electron chi connectivity index (χ2n) is 4.59. The molecule has 0 aliphatic carbocycles. The first-order valence-corrected chi connectivity index (χ1v) is 6.39. The largest absolute Gasteiger partial charge is 0.508 e. The standard InChI is InChI=1S/C13H16N4O4/c18-12(9-16-8-11(6-15-16)17(20)21)7-14-5-10-3-1-2-4-13(10)19/h1-4,6,8,12,14,18-19H,5,7,9H2. The number of para-hydroxylation sites is 1. The van der Waals surface area contributed by atoms with Gasteiger partial charge in [0.15, 0.2) is 0 Å². The van der Waals surface area contributed by atoms with Gasteiger partial charge in [0.05, 0.1) is 17.6 Å². The lowest BCUT2D eigenvalue weighted by atomic mass is 10.2. The molecule has 2 rings (SSSR count). The van der Waals surface area contributed by atoms with E-state index in [4.69, 9.17) is 0 Å². The van der Waals surface area contributed by atoms with Crippen molar-refractivity contribution < 1.29 is 15.1 Å². The SMILES string of the molecule is O=[N+]([O-])c1cnn(CC(O)CNCc2ccccc2O)c1. The maximum Gasteiger partial charge on any atom is 0.306 e. The molecule has 1 aromatic heterocycles. The summed E-state index contributed by atoms with van der Waals surface area (Å²) in [6.07, 6.45) is 1.67. The van der Waals surface area contributed by atoms with E-state index in [0.29, 0.717) is 6.54 Å². The molecule has 0 aliphatic heterocycles. The minimum atomic E-state index is -0.740. The summed E-state index contributed by atoms with van der Waals surface area (Å²) in [5.41, 5.74) is 0.629. The monoisotopic (exact) mass is 292 g/mol. The number of rotatable bonds is 7. The first kappa shape index (κ1) is 14.9. The van der Waals surface area contributed by atoms with Gasteiger partial charge in [-0.3, -0.25) is 14.8 Å². The second kappa shape index (κ2) is 6.82. The summed E-state index contributed by atoms with van der Waals surface area (Å²) in [6, 6.07) is 6.93. The molecule has 21 heavy (non-hydrogen) atoms. The predicted octanol–water partition coefficient (Wildman–Crippen LogP) is 0.648. The summed E-state index contributed by atoms with van der Waals surface area (Å²) in [4.78, 5) is 9.98. The van der Waals surface area contributed by atoms with Gasteiger partial charge in [0.1, 0.15) is 18.1 Å². The van der Waals surface area contributed by atoms with E-state index in [-0.39, 0.29) is 24.5 Å². The predicted molar refractivity (Wildman–Crippen MR) is 74.7 cm³/mol. The smallest absolute Gasteiger partial charge is 0.306 e. The normalized spacial score (nSPS) is 12.2. The first-order valence-electron chi connectivity index (χ1n) is 6.39.